The first-order valence-corrected chi connectivity index (χ1v) is 9.72. The SMILES string of the molecule is O=C(NCC(O)C(O)c1ccc(F)nc1F)OCC1c2ccccc2-c2ccccc21. The van der Waals surface area contributed by atoms with Gasteiger partial charge in [0.1, 0.15) is 18.8 Å². The van der Waals surface area contributed by atoms with Gasteiger partial charge in [0.15, 0.2) is 0 Å². The Morgan fingerprint density at radius 3 is 2.23 bits per heavy atom. The van der Waals surface area contributed by atoms with Crippen LogP contribution in [0.25, 0.3) is 11.1 Å². The van der Waals surface area contributed by atoms with Gasteiger partial charge in [-0.25, -0.2) is 4.79 Å². The molecule has 2 aromatic carbocycles. The van der Waals surface area contributed by atoms with Crippen molar-refractivity contribution in [2.24, 2.45) is 0 Å². The number of hydrogen-bond acceptors (Lipinski definition) is 5. The Balaban J connectivity index is 1.35. The molecule has 0 spiro atoms. The molecule has 0 bridgehead atoms. The zero-order valence-electron chi connectivity index (χ0n) is 16.3. The normalized spacial score (nSPS) is 14.5. The molecule has 1 heterocycles. The minimum atomic E-state index is -1.69. The van der Waals surface area contributed by atoms with Crippen molar-refractivity contribution in [3.05, 3.63) is 89.2 Å². The fourth-order valence-electron chi connectivity index (χ4n) is 3.80. The molecule has 1 aromatic heterocycles. The first-order valence-electron chi connectivity index (χ1n) is 9.72. The summed E-state index contributed by atoms with van der Waals surface area (Å²) in [5, 5.41) is 22.4. The number of nitrogens with zero attached hydrogens (tertiary/aromatic N) is 1. The number of fused-ring (bicyclic) bond motifs is 3. The van der Waals surface area contributed by atoms with Gasteiger partial charge >= 0.3 is 6.09 Å². The van der Waals surface area contributed by atoms with Crippen LogP contribution in [0.5, 0.6) is 0 Å². The van der Waals surface area contributed by atoms with Crippen molar-refractivity contribution in [2.45, 2.75) is 18.1 Å². The number of halogens is 2. The van der Waals surface area contributed by atoms with Gasteiger partial charge < -0.3 is 20.3 Å². The van der Waals surface area contributed by atoms with Gasteiger partial charge in [-0.3, -0.25) is 0 Å². The van der Waals surface area contributed by atoms with E-state index in [4.69, 9.17) is 4.74 Å². The van der Waals surface area contributed by atoms with Gasteiger partial charge in [0.2, 0.25) is 11.9 Å². The number of alkyl carbamates (subject to hydrolysis) is 1. The number of carbonyl (C=O) groups excluding carboxylic acids is 1. The van der Waals surface area contributed by atoms with Crippen molar-refractivity contribution in [1.29, 1.82) is 0 Å². The molecule has 0 aliphatic heterocycles. The van der Waals surface area contributed by atoms with Crippen LogP contribution >= 0.6 is 0 Å². The monoisotopic (exact) mass is 426 g/mol. The summed E-state index contributed by atoms with van der Waals surface area (Å²) in [4.78, 5) is 15.1. The maximum Gasteiger partial charge on any atom is 0.407 e. The number of aliphatic hydroxyl groups is 2. The number of nitrogens with one attached hydrogen (secondary N) is 1. The molecule has 1 aliphatic rings. The predicted molar refractivity (Wildman–Crippen MR) is 108 cm³/mol. The van der Waals surface area contributed by atoms with Crippen LogP contribution in [-0.2, 0) is 4.74 Å². The van der Waals surface area contributed by atoms with Crippen molar-refractivity contribution in [2.75, 3.05) is 13.2 Å². The average molecular weight is 426 g/mol. The largest absolute Gasteiger partial charge is 0.449 e. The van der Waals surface area contributed by atoms with Gasteiger partial charge in [0.25, 0.3) is 0 Å². The van der Waals surface area contributed by atoms with Crippen molar-refractivity contribution in [1.82, 2.24) is 10.3 Å². The summed E-state index contributed by atoms with van der Waals surface area (Å²) in [6.07, 6.45) is -4.02. The molecule has 31 heavy (non-hydrogen) atoms. The van der Waals surface area contributed by atoms with Crippen LogP contribution in [0.4, 0.5) is 13.6 Å². The number of amides is 1. The molecule has 2 atom stereocenters. The number of benzene rings is 2. The van der Waals surface area contributed by atoms with E-state index in [-0.39, 0.29) is 18.1 Å². The topological polar surface area (TPSA) is 91.7 Å². The van der Waals surface area contributed by atoms with Gasteiger partial charge in [-0.2, -0.15) is 13.8 Å². The number of carbonyl (C=O) groups is 1. The summed E-state index contributed by atoms with van der Waals surface area (Å²) in [6.45, 7) is -0.302. The summed E-state index contributed by atoms with van der Waals surface area (Å²) >= 11 is 0. The minimum absolute atomic E-state index is 0.0923. The molecule has 0 saturated heterocycles. The van der Waals surface area contributed by atoms with E-state index < -0.39 is 36.7 Å². The van der Waals surface area contributed by atoms with Crippen LogP contribution in [0, 0.1) is 11.9 Å². The van der Waals surface area contributed by atoms with E-state index in [1.807, 2.05) is 48.5 Å². The van der Waals surface area contributed by atoms with Crippen LogP contribution in [0.2, 0.25) is 0 Å². The fourth-order valence-corrected chi connectivity index (χ4v) is 3.80. The second-order valence-electron chi connectivity index (χ2n) is 7.23. The first kappa shape index (κ1) is 20.9. The van der Waals surface area contributed by atoms with E-state index in [1.54, 1.807) is 0 Å². The molecule has 160 valence electrons. The number of aromatic nitrogens is 1. The Labute approximate surface area is 177 Å². The third-order valence-corrected chi connectivity index (χ3v) is 5.33. The quantitative estimate of drug-likeness (QED) is 0.526. The molecule has 0 saturated carbocycles. The summed E-state index contributed by atoms with van der Waals surface area (Å²) in [5.74, 6) is -2.39. The summed E-state index contributed by atoms with van der Waals surface area (Å²) in [5.41, 5.74) is 3.95. The van der Waals surface area contributed by atoms with E-state index in [9.17, 15) is 23.8 Å². The van der Waals surface area contributed by atoms with Crippen molar-refractivity contribution in [3.63, 3.8) is 0 Å². The molecule has 4 rings (SSSR count). The van der Waals surface area contributed by atoms with E-state index in [1.165, 1.54) is 0 Å². The smallest absolute Gasteiger partial charge is 0.407 e. The molecule has 8 heteroatoms. The van der Waals surface area contributed by atoms with E-state index >= 15 is 0 Å². The maximum atomic E-state index is 13.7. The average Bonchev–Trinajstić information content (AvgIpc) is 3.09. The Morgan fingerprint density at radius 1 is 1.00 bits per heavy atom. The maximum absolute atomic E-state index is 13.7. The molecule has 0 fully saturated rings. The zero-order chi connectivity index (χ0) is 22.0. The molecular formula is C23H20F2N2O4. The zero-order valence-corrected chi connectivity index (χ0v) is 16.3. The summed E-state index contributed by atoms with van der Waals surface area (Å²) in [7, 11) is 0. The van der Waals surface area contributed by atoms with Gasteiger partial charge in [0.05, 0.1) is 0 Å². The van der Waals surface area contributed by atoms with Crippen LogP contribution in [0.3, 0.4) is 0 Å². The molecule has 0 radical (unpaired) electrons. The molecule has 1 amide bonds. The van der Waals surface area contributed by atoms with Crippen LogP contribution in [0.15, 0.2) is 60.7 Å². The van der Waals surface area contributed by atoms with Crippen molar-refractivity contribution >= 4 is 6.09 Å². The number of pyridine rings is 1. The lowest BCUT2D eigenvalue weighted by molar-refractivity contribution is 0.0160. The van der Waals surface area contributed by atoms with Gasteiger partial charge in [-0.15, -0.1) is 0 Å². The standard InChI is InChI=1S/C23H20F2N2O4/c24-20-10-9-17(22(25)27-20)21(29)19(28)11-26-23(30)31-12-18-15-7-3-1-5-13(15)14-6-2-4-8-16(14)18/h1-10,18-19,21,28-29H,11-12H2,(H,26,30). The highest BCUT2D eigenvalue weighted by atomic mass is 19.1. The predicted octanol–water partition coefficient (Wildman–Crippen LogP) is 3.29. The Morgan fingerprint density at radius 2 is 1.61 bits per heavy atom. The minimum Gasteiger partial charge on any atom is -0.449 e. The molecule has 1 aliphatic carbocycles. The summed E-state index contributed by atoms with van der Waals surface area (Å²) < 4.78 is 31.9. The van der Waals surface area contributed by atoms with Gasteiger partial charge in [-0.05, 0) is 34.4 Å². The second-order valence-corrected chi connectivity index (χ2v) is 7.23. The summed E-state index contributed by atoms with van der Waals surface area (Å²) in [6, 6.07) is 17.7. The molecule has 3 aromatic rings. The van der Waals surface area contributed by atoms with Crippen LogP contribution < -0.4 is 5.32 Å². The van der Waals surface area contributed by atoms with Crippen molar-refractivity contribution < 1.29 is 28.5 Å². The Bertz CT molecular complexity index is 1060. The van der Waals surface area contributed by atoms with Gasteiger partial charge in [0, 0.05) is 18.0 Å². The number of rotatable bonds is 6. The van der Waals surface area contributed by atoms with E-state index in [2.05, 4.69) is 10.3 Å². The van der Waals surface area contributed by atoms with Crippen LogP contribution in [-0.4, -0.2) is 40.5 Å². The number of aliphatic hydroxyl groups excluding tert-OH is 2. The fraction of sp³-hybridized carbons (Fsp3) is 0.217. The first-order chi connectivity index (χ1) is 15.0. The lowest BCUT2D eigenvalue weighted by Crippen LogP contribution is -2.36. The highest BCUT2D eigenvalue weighted by Gasteiger charge is 2.29. The highest BCUT2D eigenvalue weighted by molar-refractivity contribution is 5.79. The Hall–Kier alpha value is -3.36. The third kappa shape index (κ3) is 4.26. The number of ether oxygens (including phenoxy) is 1. The molecule has 3 N–H and O–H groups in total. The molecular weight excluding hydrogens is 406 g/mol. The lowest BCUT2D eigenvalue weighted by Gasteiger charge is -2.19. The third-order valence-electron chi connectivity index (χ3n) is 5.33. The van der Waals surface area contributed by atoms with E-state index in [0.29, 0.717) is 0 Å². The molecule has 6 nitrogen and oxygen atoms in total. The second kappa shape index (κ2) is 8.79. The van der Waals surface area contributed by atoms with Crippen LogP contribution in [0.1, 0.15) is 28.7 Å². The lowest BCUT2D eigenvalue weighted by atomic mass is 9.98. The van der Waals surface area contributed by atoms with Gasteiger partial charge in [-0.1, -0.05) is 48.5 Å². The Kier molecular flexibility index (Phi) is 5.92. The number of hydrogen-bond donors (Lipinski definition) is 3. The highest BCUT2D eigenvalue weighted by Crippen LogP contribution is 2.44. The van der Waals surface area contributed by atoms with E-state index in [0.717, 1.165) is 34.4 Å². The van der Waals surface area contributed by atoms with Crippen molar-refractivity contribution in [3.8, 4) is 11.1 Å². The molecule has 2 unspecified atom stereocenters.